The third kappa shape index (κ3) is 5.45. The molecule has 0 amide bonds. The van der Waals surface area contributed by atoms with E-state index in [1.807, 2.05) is 12.1 Å². The maximum Gasteiger partial charge on any atom is 0.191 e. The van der Waals surface area contributed by atoms with Crippen molar-refractivity contribution in [1.82, 2.24) is 15.5 Å². The fourth-order valence-corrected chi connectivity index (χ4v) is 3.80. The average molecular weight is 393 g/mol. The SMILES string of the molecule is CN=C(NCc1cccs1)NCC(c1ccc(Cl)cc1)N1CCOCC1. The number of ether oxygens (including phenoxy) is 1. The molecule has 0 spiro atoms. The summed E-state index contributed by atoms with van der Waals surface area (Å²) in [6.07, 6.45) is 0. The summed E-state index contributed by atoms with van der Waals surface area (Å²) in [4.78, 5) is 8.09. The number of guanidine groups is 1. The van der Waals surface area contributed by atoms with E-state index in [9.17, 15) is 0 Å². The minimum absolute atomic E-state index is 0.247. The number of hydrogen-bond acceptors (Lipinski definition) is 4. The number of nitrogens with one attached hydrogen (secondary N) is 2. The normalized spacial score (nSPS) is 17.1. The third-order valence-electron chi connectivity index (χ3n) is 4.44. The van der Waals surface area contributed by atoms with Gasteiger partial charge in [-0.2, -0.15) is 0 Å². The van der Waals surface area contributed by atoms with Gasteiger partial charge in [0.2, 0.25) is 0 Å². The van der Waals surface area contributed by atoms with Crippen molar-refractivity contribution in [2.75, 3.05) is 39.9 Å². The van der Waals surface area contributed by atoms with Gasteiger partial charge in [-0.15, -0.1) is 11.3 Å². The molecule has 0 radical (unpaired) electrons. The number of rotatable bonds is 6. The first-order chi connectivity index (χ1) is 12.8. The predicted molar refractivity (Wildman–Crippen MR) is 109 cm³/mol. The second-order valence-electron chi connectivity index (χ2n) is 6.10. The lowest BCUT2D eigenvalue weighted by atomic mass is 10.0. The minimum atomic E-state index is 0.247. The zero-order valence-corrected chi connectivity index (χ0v) is 16.5. The van der Waals surface area contributed by atoms with Crippen molar-refractivity contribution in [3.63, 3.8) is 0 Å². The van der Waals surface area contributed by atoms with Gasteiger partial charge in [0.05, 0.1) is 25.8 Å². The highest BCUT2D eigenvalue weighted by Crippen LogP contribution is 2.23. The molecule has 2 aromatic rings. The fourth-order valence-electron chi connectivity index (χ4n) is 3.03. The molecule has 7 heteroatoms. The Labute approximate surface area is 164 Å². The van der Waals surface area contributed by atoms with Crippen molar-refractivity contribution in [3.8, 4) is 0 Å². The maximum atomic E-state index is 6.06. The van der Waals surface area contributed by atoms with Crippen molar-refractivity contribution in [2.24, 2.45) is 4.99 Å². The third-order valence-corrected chi connectivity index (χ3v) is 5.57. The highest BCUT2D eigenvalue weighted by Gasteiger charge is 2.22. The Kier molecular flexibility index (Phi) is 7.32. The number of nitrogens with zero attached hydrogens (tertiary/aromatic N) is 2. The Balaban J connectivity index is 1.63. The number of halogens is 1. The summed E-state index contributed by atoms with van der Waals surface area (Å²) in [7, 11) is 1.80. The minimum Gasteiger partial charge on any atom is -0.379 e. The maximum absolute atomic E-state index is 6.06. The van der Waals surface area contributed by atoms with Gasteiger partial charge in [0.25, 0.3) is 0 Å². The van der Waals surface area contributed by atoms with E-state index in [1.165, 1.54) is 10.4 Å². The molecule has 0 bridgehead atoms. The van der Waals surface area contributed by atoms with Gasteiger partial charge in [-0.25, -0.2) is 0 Å². The van der Waals surface area contributed by atoms with Crippen LogP contribution in [0.25, 0.3) is 0 Å². The van der Waals surface area contributed by atoms with Crippen molar-refractivity contribution in [1.29, 1.82) is 0 Å². The lowest BCUT2D eigenvalue weighted by molar-refractivity contribution is 0.0170. The van der Waals surface area contributed by atoms with E-state index in [-0.39, 0.29) is 6.04 Å². The summed E-state index contributed by atoms with van der Waals surface area (Å²) in [6, 6.07) is 12.5. The summed E-state index contributed by atoms with van der Waals surface area (Å²) < 4.78 is 5.51. The molecule has 0 aliphatic carbocycles. The lowest BCUT2D eigenvalue weighted by Crippen LogP contribution is -2.46. The Bertz CT molecular complexity index is 684. The number of benzene rings is 1. The number of aliphatic imine (C=N–C) groups is 1. The van der Waals surface area contributed by atoms with Crippen molar-refractivity contribution in [2.45, 2.75) is 12.6 Å². The molecule has 1 aliphatic rings. The van der Waals surface area contributed by atoms with E-state index in [2.05, 4.69) is 50.2 Å². The largest absolute Gasteiger partial charge is 0.379 e. The van der Waals surface area contributed by atoms with Gasteiger partial charge in [0, 0.05) is 36.6 Å². The average Bonchev–Trinajstić information content (AvgIpc) is 3.20. The van der Waals surface area contributed by atoms with Crippen LogP contribution in [0.15, 0.2) is 46.8 Å². The van der Waals surface area contributed by atoms with E-state index < -0.39 is 0 Å². The van der Waals surface area contributed by atoms with Crippen LogP contribution < -0.4 is 10.6 Å². The molecule has 1 atom stereocenters. The standard InChI is InChI=1S/C19H25ClN4OS/c1-21-19(22-13-17-3-2-12-26-17)23-14-18(24-8-10-25-11-9-24)15-4-6-16(20)7-5-15/h2-7,12,18H,8-11,13-14H2,1H3,(H2,21,22,23). The van der Waals surface area contributed by atoms with E-state index in [0.717, 1.165) is 50.4 Å². The van der Waals surface area contributed by atoms with Crippen LogP contribution in [-0.2, 0) is 11.3 Å². The Morgan fingerprint density at radius 1 is 1.23 bits per heavy atom. The van der Waals surface area contributed by atoms with Crippen LogP contribution >= 0.6 is 22.9 Å². The van der Waals surface area contributed by atoms with E-state index in [0.29, 0.717) is 0 Å². The van der Waals surface area contributed by atoms with E-state index in [4.69, 9.17) is 16.3 Å². The van der Waals surface area contributed by atoms with Crippen molar-refractivity contribution >= 4 is 28.9 Å². The Morgan fingerprint density at radius 3 is 2.65 bits per heavy atom. The molecule has 5 nitrogen and oxygen atoms in total. The predicted octanol–water partition coefficient (Wildman–Crippen LogP) is 3.14. The van der Waals surface area contributed by atoms with Crippen LogP contribution in [0.3, 0.4) is 0 Å². The van der Waals surface area contributed by atoms with Gasteiger partial charge in [0.15, 0.2) is 5.96 Å². The van der Waals surface area contributed by atoms with Crippen molar-refractivity contribution in [3.05, 3.63) is 57.2 Å². The van der Waals surface area contributed by atoms with Crippen LogP contribution in [0.2, 0.25) is 5.02 Å². The second-order valence-corrected chi connectivity index (χ2v) is 7.57. The van der Waals surface area contributed by atoms with Crippen LogP contribution in [-0.4, -0.2) is 50.8 Å². The van der Waals surface area contributed by atoms with Crippen LogP contribution in [0.4, 0.5) is 0 Å². The monoisotopic (exact) mass is 392 g/mol. The highest BCUT2D eigenvalue weighted by atomic mass is 35.5. The smallest absolute Gasteiger partial charge is 0.191 e. The van der Waals surface area contributed by atoms with Gasteiger partial charge in [0.1, 0.15) is 0 Å². The van der Waals surface area contributed by atoms with E-state index in [1.54, 1.807) is 18.4 Å². The molecule has 1 saturated heterocycles. The van der Waals surface area contributed by atoms with Crippen molar-refractivity contribution < 1.29 is 4.74 Å². The molecular weight excluding hydrogens is 368 g/mol. The van der Waals surface area contributed by atoms with Crippen LogP contribution in [0.5, 0.6) is 0 Å². The zero-order chi connectivity index (χ0) is 18.2. The summed E-state index contributed by atoms with van der Waals surface area (Å²) in [5, 5.41) is 9.69. The first-order valence-corrected chi connectivity index (χ1v) is 10.1. The summed E-state index contributed by atoms with van der Waals surface area (Å²) in [6.45, 7) is 4.95. The first kappa shape index (κ1) is 19.2. The topological polar surface area (TPSA) is 48.9 Å². The molecule has 26 heavy (non-hydrogen) atoms. The number of hydrogen-bond donors (Lipinski definition) is 2. The molecule has 1 unspecified atom stereocenters. The Hall–Kier alpha value is -1.60. The molecule has 2 N–H and O–H groups in total. The summed E-state index contributed by atoms with van der Waals surface area (Å²) in [5.41, 5.74) is 1.25. The van der Waals surface area contributed by atoms with Crippen LogP contribution in [0, 0.1) is 0 Å². The molecule has 3 rings (SSSR count). The van der Waals surface area contributed by atoms with Gasteiger partial charge in [-0.05, 0) is 29.1 Å². The molecule has 1 aromatic heterocycles. The molecule has 1 aromatic carbocycles. The molecule has 1 aliphatic heterocycles. The van der Waals surface area contributed by atoms with E-state index >= 15 is 0 Å². The molecule has 2 heterocycles. The highest BCUT2D eigenvalue weighted by molar-refractivity contribution is 7.09. The van der Waals surface area contributed by atoms with Gasteiger partial charge in [-0.3, -0.25) is 9.89 Å². The summed E-state index contributed by atoms with van der Waals surface area (Å²) >= 11 is 7.81. The fraction of sp³-hybridized carbons (Fsp3) is 0.421. The molecule has 140 valence electrons. The molecule has 1 fully saturated rings. The second kappa shape index (κ2) is 9.92. The molecular formula is C19H25ClN4OS. The zero-order valence-electron chi connectivity index (χ0n) is 15.0. The number of thiophene rings is 1. The summed E-state index contributed by atoms with van der Waals surface area (Å²) in [5.74, 6) is 0.811. The van der Waals surface area contributed by atoms with Gasteiger partial charge < -0.3 is 15.4 Å². The molecule has 0 saturated carbocycles. The number of morpholine rings is 1. The first-order valence-electron chi connectivity index (χ1n) is 8.80. The lowest BCUT2D eigenvalue weighted by Gasteiger charge is -2.35. The van der Waals surface area contributed by atoms with Gasteiger partial charge in [-0.1, -0.05) is 29.8 Å². The van der Waals surface area contributed by atoms with Crippen LogP contribution in [0.1, 0.15) is 16.5 Å². The Morgan fingerprint density at radius 2 is 2.00 bits per heavy atom. The van der Waals surface area contributed by atoms with Gasteiger partial charge >= 0.3 is 0 Å². The quantitative estimate of drug-likeness (QED) is 0.585.